The molecule has 1 N–H and O–H groups in total. The SMILES string of the molecule is CCNc1nc(CCOCC)nc(C2CCCC2)c1I. The zero-order valence-corrected chi connectivity index (χ0v) is 14.6. The van der Waals surface area contributed by atoms with Crippen LogP contribution in [0.4, 0.5) is 5.82 Å². The van der Waals surface area contributed by atoms with Crippen LogP contribution < -0.4 is 5.32 Å². The summed E-state index contributed by atoms with van der Waals surface area (Å²) < 4.78 is 6.64. The van der Waals surface area contributed by atoms with Crippen LogP contribution in [-0.2, 0) is 11.2 Å². The van der Waals surface area contributed by atoms with Crippen LogP contribution in [0.2, 0.25) is 0 Å². The second kappa shape index (κ2) is 8.12. The zero-order chi connectivity index (χ0) is 14.4. The van der Waals surface area contributed by atoms with Gasteiger partial charge in [-0.25, -0.2) is 9.97 Å². The summed E-state index contributed by atoms with van der Waals surface area (Å²) in [5, 5.41) is 3.37. The number of halogens is 1. The normalized spacial score (nSPS) is 15.8. The summed E-state index contributed by atoms with van der Waals surface area (Å²) in [4.78, 5) is 9.49. The van der Waals surface area contributed by atoms with Crippen LogP contribution in [0.1, 0.15) is 57.0 Å². The van der Waals surface area contributed by atoms with Crippen molar-refractivity contribution in [2.75, 3.05) is 25.1 Å². The molecule has 0 saturated heterocycles. The zero-order valence-electron chi connectivity index (χ0n) is 12.4. The molecule has 5 heteroatoms. The number of anilines is 1. The lowest BCUT2D eigenvalue weighted by Gasteiger charge is -2.16. The minimum absolute atomic E-state index is 0.619. The molecule has 20 heavy (non-hydrogen) atoms. The Bertz CT molecular complexity index is 433. The van der Waals surface area contributed by atoms with E-state index in [-0.39, 0.29) is 0 Å². The van der Waals surface area contributed by atoms with Crippen LogP contribution in [0.25, 0.3) is 0 Å². The van der Waals surface area contributed by atoms with Gasteiger partial charge in [0.05, 0.1) is 15.9 Å². The van der Waals surface area contributed by atoms with E-state index in [9.17, 15) is 0 Å². The fourth-order valence-electron chi connectivity index (χ4n) is 2.69. The number of hydrogen-bond donors (Lipinski definition) is 1. The summed E-state index contributed by atoms with van der Waals surface area (Å²) in [6.07, 6.45) is 5.99. The van der Waals surface area contributed by atoms with Crippen LogP contribution in [-0.4, -0.2) is 29.7 Å². The van der Waals surface area contributed by atoms with E-state index in [1.165, 1.54) is 34.9 Å². The van der Waals surface area contributed by atoms with Gasteiger partial charge in [-0.2, -0.15) is 0 Å². The fourth-order valence-corrected chi connectivity index (χ4v) is 3.56. The van der Waals surface area contributed by atoms with E-state index in [1.54, 1.807) is 0 Å². The van der Waals surface area contributed by atoms with Gasteiger partial charge in [0.15, 0.2) is 0 Å². The van der Waals surface area contributed by atoms with Gasteiger partial charge in [0.2, 0.25) is 0 Å². The summed E-state index contributed by atoms with van der Waals surface area (Å²) in [5.41, 5.74) is 1.25. The van der Waals surface area contributed by atoms with Crippen molar-refractivity contribution in [3.8, 4) is 0 Å². The van der Waals surface area contributed by atoms with Gasteiger partial charge in [-0.05, 0) is 49.3 Å². The maximum absolute atomic E-state index is 5.43. The Labute approximate surface area is 135 Å². The first-order valence-electron chi connectivity index (χ1n) is 7.64. The van der Waals surface area contributed by atoms with Crippen LogP contribution in [0.15, 0.2) is 0 Å². The van der Waals surface area contributed by atoms with Gasteiger partial charge in [-0.1, -0.05) is 12.8 Å². The van der Waals surface area contributed by atoms with Gasteiger partial charge >= 0.3 is 0 Å². The smallest absolute Gasteiger partial charge is 0.143 e. The molecule has 1 aliphatic carbocycles. The maximum atomic E-state index is 5.43. The van der Waals surface area contributed by atoms with Crippen molar-refractivity contribution >= 4 is 28.4 Å². The molecule has 1 fully saturated rings. The molecule has 0 aliphatic heterocycles. The number of ether oxygens (including phenoxy) is 1. The highest BCUT2D eigenvalue weighted by Crippen LogP contribution is 2.36. The Morgan fingerprint density at radius 3 is 2.65 bits per heavy atom. The first kappa shape index (κ1) is 15.9. The molecule has 0 radical (unpaired) electrons. The van der Waals surface area contributed by atoms with Gasteiger partial charge in [0.1, 0.15) is 11.6 Å². The highest BCUT2D eigenvalue weighted by molar-refractivity contribution is 14.1. The molecule has 1 aromatic rings. The number of rotatable bonds is 7. The number of nitrogens with one attached hydrogen (secondary N) is 1. The van der Waals surface area contributed by atoms with Crippen molar-refractivity contribution in [2.24, 2.45) is 0 Å². The van der Waals surface area contributed by atoms with Crippen molar-refractivity contribution in [3.05, 3.63) is 15.1 Å². The van der Waals surface area contributed by atoms with Gasteiger partial charge in [0.25, 0.3) is 0 Å². The van der Waals surface area contributed by atoms with E-state index in [0.717, 1.165) is 31.2 Å². The Balaban J connectivity index is 2.23. The fraction of sp³-hybridized carbons (Fsp3) is 0.733. The highest BCUT2D eigenvalue weighted by Gasteiger charge is 2.23. The van der Waals surface area contributed by atoms with Crippen LogP contribution in [0, 0.1) is 3.57 Å². The molecule has 0 bridgehead atoms. The van der Waals surface area contributed by atoms with E-state index in [4.69, 9.17) is 9.72 Å². The largest absolute Gasteiger partial charge is 0.381 e. The lowest BCUT2D eigenvalue weighted by molar-refractivity contribution is 0.149. The molecule has 0 aromatic carbocycles. The van der Waals surface area contributed by atoms with Crippen molar-refractivity contribution in [1.82, 2.24) is 9.97 Å². The minimum Gasteiger partial charge on any atom is -0.381 e. The van der Waals surface area contributed by atoms with Crippen LogP contribution >= 0.6 is 22.6 Å². The lowest BCUT2D eigenvalue weighted by Crippen LogP contribution is -2.13. The Hall–Kier alpha value is -0.430. The number of aromatic nitrogens is 2. The molecule has 1 aliphatic rings. The summed E-state index contributed by atoms with van der Waals surface area (Å²) in [6, 6.07) is 0. The summed E-state index contributed by atoms with van der Waals surface area (Å²) in [5.74, 6) is 2.53. The minimum atomic E-state index is 0.619. The average molecular weight is 389 g/mol. The highest BCUT2D eigenvalue weighted by atomic mass is 127. The van der Waals surface area contributed by atoms with Crippen molar-refractivity contribution in [2.45, 2.75) is 51.9 Å². The quantitative estimate of drug-likeness (QED) is 0.570. The second-order valence-corrected chi connectivity index (χ2v) is 6.23. The van der Waals surface area contributed by atoms with Crippen molar-refractivity contribution in [3.63, 3.8) is 0 Å². The third kappa shape index (κ3) is 4.04. The number of hydrogen-bond acceptors (Lipinski definition) is 4. The predicted octanol–water partition coefficient (Wildman–Crippen LogP) is 3.75. The summed E-state index contributed by atoms with van der Waals surface area (Å²) >= 11 is 2.40. The molecule has 1 heterocycles. The van der Waals surface area contributed by atoms with Crippen LogP contribution in [0.5, 0.6) is 0 Å². The van der Waals surface area contributed by atoms with E-state index >= 15 is 0 Å². The molecular weight excluding hydrogens is 365 g/mol. The summed E-state index contributed by atoms with van der Waals surface area (Å²) in [6.45, 7) is 6.46. The third-order valence-electron chi connectivity index (χ3n) is 3.68. The number of nitrogens with zero attached hydrogens (tertiary/aromatic N) is 2. The van der Waals surface area contributed by atoms with E-state index in [1.807, 2.05) is 6.92 Å². The molecule has 1 aromatic heterocycles. The Morgan fingerprint density at radius 1 is 1.25 bits per heavy atom. The molecule has 0 amide bonds. The first-order valence-corrected chi connectivity index (χ1v) is 8.72. The third-order valence-corrected chi connectivity index (χ3v) is 4.75. The predicted molar refractivity (Wildman–Crippen MR) is 90.3 cm³/mol. The van der Waals surface area contributed by atoms with Crippen molar-refractivity contribution < 1.29 is 4.74 Å². The van der Waals surface area contributed by atoms with Crippen molar-refractivity contribution in [1.29, 1.82) is 0 Å². The van der Waals surface area contributed by atoms with E-state index in [2.05, 4.69) is 39.8 Å². The molecule has 2 rings (SSSR count). The first-order chi connectivity index (χ1) is 9.76. The second-order valence-electron chi connectivity index (χ2n) is 5.15. The van der Waals surface area contributed by atoms with E-state index < -0.39 is 0 Å². The lowest BCUT2D eigenvalue weighted by atomic mass is 10.0. The van der Waals surface area contributed by atoms with Crippen LogP contribution in [0.3, 0.4) is 0 Å². The molecule has 0 spiro atoms. The van der Waals surface area contributed by atoms with Gasteiger partial charge in [-0.15, -0.1) is 0 Å². The molecule has 1 saturated carbocycles. The maximum Gasteiger partial charge on any atom is 0.143 e. The molecular formula is C15H24IN3O. The Morgan fingerprint density at radius 2 is 2.00 bits per heavy atom. The standard InChI is InChI=1S/C15H24IN3O/c1-3-17-15-13(16)14(11-7-5-6-8-11)18-12(19-15)9-10-20-4-2/h11H,3-10H2,1-2H3,(H,17,18,19). The summed E-state index contributed by atoms with van der Waals surface area (Å²) in [7, 11) is 0. The van der Waals surface area contributed by atoms with Gasteiger partial charge in [0, 0.05) is 25.5 Å². The topological polar surface area (TPSA) is 47.0 Å². The van der Waals surface area contributed by atoms with Gasteiger partial charge < -0.3 is 10.1 Å². The van der Waals surface area contributed by atoms with Gasteiger partial charge in [-0.3, -0.25) is 0 Å². The van der Waals surface area contributed by atoms with E-state index in [0.29, 0.717) is 12.5 Å². The molecule has 112 valence electrons. The monoisotopic (exact) mass is 389 g/mol. The molecule has 0 atom stereocenters. The molecule has 0 unspecified atom stereocenters. The average Bonchev–Trinajstić information content (AvgIpc) is 2.96. The molecule has 4 nitrogen and oxygen atoms in total. The Kier molecular flexibility index (Phi) is 6.48.